The van der Waals surface area contributed by atoms with Crippen molar-refractivity contribution < 1.29 is 0 Å². The highest BCUT2D eigenvalue weighted by Crippen LogP contribution is 2.41. The van der Waals surface area contributed by atoms with E-state index in [-0.39, 0.29) is 0 Å². The van der Waals surface area contributed by atoms with Crippen LogP contribution < -0.4 is 25.0 Å². The normalized spacial score (nSPS) is 20.6. The number of hydrogen-bond donors (Lipinski definition) is 0. The second-order valence-corrected chi connectivity index (χ2v) is 13.4. The van der Waals surface area contributed by atoms with Crippen LogP contribution in [0.5, 0.6) is 0 Å². The van der Waals surface area contributed by atoms with Crippen molar-refractivity contribution in [1.82, 2.24) is 4.58 Å². The highest BCUT2D eigenvalue weighted by Gasteiger charge is 2.29. The minimum absolute atomic E-state index is 1.23. The summed E-state index contributed by atoms with van der Waals surface area (Å²) in [6.45, 7) is 7.45. The first-order chi connectivity index (χ1) is 19.8. The maximum absolute atomic E-state index is 2.69. The number of nitrogens with zero attached hydrogens (tertiary/aromatic N) is 3. The number of rotatable bonds is 2. The molecule has 0 radical (unpaired) electrons. The summed E-state index contributed by atoms with van der Waals surface area (Å²) < 4.78 is 2.69. The van der Waals surface area contributed by atoms with Crippen molar-refractivity contribution in [2.75, 3.05) is 49.1 Å². The predicted molar refractivity (Wildman–Crippen MR) is 166 cm³/mol. The Kier molecular flexibility index (Phi) is 5.45. The molecule has 0 unspecified atom stereocenters. The van der Waals surface area contributed by atoms with E-state index >= 15 is 0 Å². The number of anilines is 2. The van der Waals surface area contributed by atoms with Crippen molar-refractivity contribution in [2.24, 2.45) is 0 Å². The highest BCUT2D eigenvalue weighted by molar-refractivity contribution is 5.84. The molecular formula is C37H42N3+. The minimum Gasteiger partial charge on any atom is -0.371 e. The molecule has 204 valence electrons. The number of aryl methyl sites for hydroxylation is 6. The van der Waals surface area contributed by atoms with E-state index in [2.05, 4.69) is 50.8 Å². The van der Waals surface area contributed by atoms with E-state index in [0.29, 0.717) is 0 Å². The van der Waals surface area contributed by atoms with E-state index in [0.717, 1.165) is 0 Å². The summed E-state index contributed by atoms with van der Waals surface area (Å²) in [7, 11) is 0. The van der Waals surface area contributed by atoms with Gasteiger partial charge in [0.2, 0.25) is 5.36 Å². The average Bonchev–Trinajstić information content (AvgIpc) is 2.98. The van der Waals surface area contributed by atoms with Gasteiger partial charge in [0.05, 0.1) is 0 Å². The lowest BCUT2D eigenvalue weighted by molar-refractivity contribution is 0.480. The quantitative estimate of drug-likeness (QED) is 0.446. The molecule has 0 N–H and O–H groups in total. The molecule has 3 aromatic carbocycles. The van der Waals surface area contributed by atoms with Gasteiger partial charge in [-0.15, -0.1) is 0 Å². The van der Waals surface area contributed by atoms with E-state index in [1.54, 1.807) is 50.1 Å². The zero-order chi connectivity index (χ0) is 26.2. The molecule has 0 saturated carbocycles. The summed E-state index contributed by atoms with van der Waals surface area (Å²) in [5, 5.41) is 3.07. The third kappa shape index (κ3) is 3.65. The number of benzene rings is 3. The van der Waals surface area contributed by atoms with Crippen molar-refractivity contribution in [3.63, 3.8) is 0 Å². The Bertz CT molecular complexity index is 1500. The minimum atomic E-state index is 1.23. The molecule has 0 spiro atoms. The van der Waals surface area contributed by atoms with Gasteiger partial charge in [-0.3, -0.25) is 0 Å². The molecule has 40 heavy (non-hydrogen) atoms. The molecule has 0 fully saturated rings. The van der Waals surface area contributed by atoms with Crippen LogP contribution in [0, 0.1) is 0 Å². The summed E-state index contributed by atoms with van der Waals surface area (Å²) in [5.41, 5.74) is 17.3. The lowest BCUT2D eigenvalue weighted by atomic mass is 9.83. The van der Waals surface area contributed by atoms with Crippen LogP contribution in [0.2, 0.25) is 0 Å². The molecule has 3 nitrogen and oxygen atoms in total. The molecule has 0 bridgehead atoms. The molecule has 6 aliphatic rings. The van der Waals surface area contributed by atoms with Crippen LogP contribution in [-0.2, 0) is 38.5 Å². The first-order valence-corrected chi connectivity index (χ1v) is 16.4. The molecule has 6 heterocycles. The Labute approximate surface area is 238 Å². The monoisotopic (exact) mass is 528 g/mol. The summed E-state index contributed by atoms with van der Waals surface area (Å²) in [6, 6.07) is 15.7. The molecule has 9 rings (SSSR count). The van der Waals surface area contributed by atoms with E-state index in [1.807, 2.05) is 0 Å². The molecule has 0 atom stereocenters. The Morgan fingerprint density at radius 2 is 0.875 bits per heavy atom. The topological polar surface area (TPSA) is 9.49 Å². The van der Waals surface area contributed by atoms with Crippen LogP contribution in [0.1, 0.15) is 83.0 Å². The van der Waals surface area contributed by atoms with E-state index in [1.165, 1.54) is 138 Å². The average molecular weight is 529 g/mol. The molecule has 0 aliphatic carbocycles. The van der Waals surface area contributed by atoms with Gasteiger partial charge in [-0.05, 0) is 145 Å². The summed E-state index contributed by atoms with van der Waals surface area (Å²) in [5.74, 6) is 0. The van der Waals surface area contributed by atoms with Crippen LogP contribution in [0.4, 0.5) is 11.4 Å². The van der Waals surface area contributed by atoms with Gasteiger partial charge in [0.15, 0.2) is 0 Å². The molecule has 6 aliphatic heterocycles. The van der Waals surface area contributed by atoms with Crippen LogP contribution in [0.3, 0.4) is 0 Å². The molecule has 3 heteroatoms. The van der Waals surface area contributed by atoms with Gasteiger partial charge in [0.1, 0.15) is 13.1 Å². The van der Waals surface area contributed by atoms with Crippen molar-refractivity contribution in [3.05, 3.63) is 91.5 Å². The second-order valence-electron chi connectivity index (χ2n) is 13.4. The molecule has 0 aromatic heterocycles. The zero-order valence-electron chi connectivity index (χ0n) is 24.0. The molecular weight excluding hydrogens is 486 g/mol. The van der Waals surface area contributed by atoms with Gasteiger partial charge >= 0.3 is 0 Å². The van der Waals surface area contributed by atoms with Gasteiger partial charge in [-0.1, -0.05) is 0 Å². The van der Waals surface area contributed by atoms with Gasteiger partial charge < -0.3 is 9.80 Å². The van der Waals surface area contributed by atoms with Gasteiger partial charge in [-0.2, -0.15) is 0 Å². The van der Waals surface area contributed by atoms with E-state index in [9.17, 15) is 0 Å². The maximum atomic E-state index is 2.69. The fourth-order valence-corrected chi connectivity index (χ4v) is 9.34. The Balaban J connectivity index is 1.34. The second kappa shape index (κ2) is 9.23. The first-order valence-electron chi connectivity index (χ1n) is 16.4. The summed E-state index contributed by atoms with van der Waals surface area (Å²) in [6.07, 6.45) is 15.2. The lowest BCUT2D eigenvalue weighted by Gasteiger charge is -2.38. The van der Waals surface area contributed by atoms with Crippen LogP contribution in [0.15, 0.2) is 36.4 Å². The van der Waals surface area contributed by atoms with Crippen molar-refractivity contribution in [2.45, 2.75) is 77.0 Å². The SMILES string of the molecule is c1c(C(c2cc3c4c(c2)CCCN4CCC3)=c2cc3c4c(c2)CCC[N+]=4CCC3)cc2c3c1CCCN3CCC2. The molecule has 0 saturated heterocycles. The first kappa shape index (κ1) is 23.6. The van der Waals surface area contributed by atoms with Crippen molar-refractivity contribution in [3.8, 4) is 0 Å². The van der Waals surface area contributed by atoms with Crippen LogP contribution in [-0.4, -0.2) is 39.3 Å². The van der Waals surface area contributed by atoms with Crippen molar-refractivity contribution >= 4 is 16.9 Å². The third-order valence-corrected chi connectivity index (χ3v) is 10.9. The Hall–Kier alpha value is -3.07. The smallest absolute Gasteiger partial charge is 0.206 e. The van der Waals surface area contributed by atoms with Crippen molar-refractivity contribution in [1.29, 1.82) is 0 Å². The van der Waals surface area contributed by atoms with Gasteiger partial charge in [-0.25, -0.2) is 4.58 Å². The predicted octanol–water partition coefficient (Wildman–Crippen LogP) is 4.72. The Morgan fingerprint density at radius 3 is 1.30 bits per heavy atom. The van der Waals surface area contributed by atoms with Crippen LogP contribution >= 0.6 is 0 Å². The summed E-state index contributed by atoms with van der Waals surface area (Å²) >= 11 is 0. The largest absolute Gasteiger partial charge is 0.371 e. The number of hydrogen-bond acceptors (Lipinski definition) is 2. The fourth-order valence-electron chi connectivity index (χ4n) is 9.34. The molecule has 0 amide bonds. The van der Waals surface area contributed by atoms with E-state index in [4.69, 9.17) is 0 Å². The molecule has 3 aromatic rings. The maximum Gasteiger partial charge on any atom is 0.206 e. The third-order valence-electron chi connectivity index (χ3n) is 10.9. The van der Waals surface area contributed by atoms with E-state index < -0.39 is 0 Å². The van der Waals surface area contributed by atoms with Gasteiger partial charge in [0, 0.05) is 61.5 Å². The zero-order valence-corrected chi connectivity index (χ0v) is 24.0. The van der Waals surface area contributed by atoms with Crippen LogP contribution in [0.25, 0.3) is 5.57 Å². The fraction of sp³-hybridized carbons (Fsp3) is 0.486. The Morgan fingerprint density at radius 1 is 0.475 bits per heavy atom. The standard InChI is InChI=1S/C37H42N3/c1-7-25-19-31(20-26-8-2-14-38(13-1)35(25)26)34(32-21-27-9-3-15-39-16-4-10-28(22-32)36(27)39)33-23-29-11-5-17-40-18-6-12-30(24-33)37(29)40/h19-24H,1-18H2/q+1. The summed E-state index contributed by atoms with van der Waals surface area (Å²) in [4.78, 5) is 5.38. The lowest BCUT2D eigenvalue weighted by Crippen LogP contribution is -2.44. The highest BCUT2D eigenvalue weighted by atomic mass is 15.1. The van der Waals surface area contributed by atoms with Gasteiger partial charge in [0.25, 0.3) is 0 Å².